The number of hydrogen-bond donors (Lipinski definition) is 0. The molecule has 0 radical (unpaired) electrons. The Morgan fingerprint density at radius 2 is 2.00 bits per heavy atom. The van der Waals surface area contributed by atoms with E-state index in [1.54, 1.807) is 11.8 Å². The van der Waals surface area contributed by atoms with Crippen molar-refractivity contribution in [2.45, 2.75) is 19.9 Å². The average Bonchev–Trinajstić information content (AvgIpc) is 3.50. The molecule has 10 nitrogen and oxygen atoms in total. The number of nitrogens with zero attached hydrogens (tertiary/aromatic N) is 6. The topological polar surface area (TPSA) is 108 Å². The molecule has 5 rings (SSSR count). The van der Waals surface area contributed by atoms with Crippen LogP contribution in [0.25, 0.3) is 33.9 Å². The second-order valence-corrected chi connectivity index (χ2v) is 7.86. The van der Waals surface area contributed by atoms with Gasteiger partial charge in [0.25, 0.3) is 5.89 Å². The Hall–Kier alpha value is -3.79. The third kappa shape index (κ3) is 4.29. The molecular weight excluding hydrogens is 424 g/mol. The van der Waals surface area contributed by atoms with Crippen LogP contribution in [-0.2, 0) is 16.1 Å². The van der Waals surface area contributed by atoms with E-state index in [0.717, 1.165) is 28.0 Å². The van der Waals surface area contributed by atoms with Crippen molar-refractivity contribution >= 4 is 16.9 Å². The first-order valence-corrected chi connectivity index (χ1v) is 10.8. The van der Waals surface area contributed by atoms with E-state index >= 15 is 0 Å². The van der Waals surface area contributed by atoms with Gasteiger partial charge in [-0.15, -0.1) is 5.10 Å². The molecule has 10 heteroatoms. The van der Waals surface area contributed by atoms with Crippen molar-refractivity contribution < 1.29 is 18.8 Å². The van der Waals surface area contributed by atoms with Crippen LogP contribution < -0.4 is 4.74 Å². The minimum absolute atomic E-state index is 0.103. The van der Waals surface area contributed by atoms with Crippen molar-refractivity contribution in [2.24, 2.45) is 0 Å². The molecule has 4 aromatic rings. The van der Waals surface area contributed by atoms with Gasteiger partial charge in [0.05, 0.1) is 32.4 Å². The molecule has 33 heavy (non-hydrogen) atoms. The van der Waals surface area contributed by atoms with Crippen LogP contribution >= 0.6 is 0 Å². The van der Waals surface area contributed by atoms with Gasteiger partial charge in [0.15, 0.2) is 0 Å². The van der Waals surface area contributed by atoms with Gasteiger partial charge < -0.3 is 18.9 Å². The molecule has 0 N–H and O–H groups in total. The molecule has 0 unspecified atom stereocenters. The van der Waals surface area contributed by atoms with Crippen molar-refractivity contribution in [3.8, 4) is 28.6 Å². The van der Waals surface area contributed by atoms with Crippen LogP contribution in [0.1, 0.15) is 12.0 Å². The molecule has 3 heterocycles. The van der Waals surface area contributed by atoms with E-state index in [9.17, 15) is 4.79 Å². The van der Waals surface area contributed by atoms with Crippen LogP contribution in [0.4, 0.5) is 0 Å². The number of rotatable bonds is 6. The van der Waals surface area contributed by atoms with E-state index in [1.807, 2.05) is 48.2 Å². The Morgan fingerprint density at radius 1 is 1.15 bits per heavy atom. The number of morpholine rings is 1. The summed E-state index contributed by atoms with van der Waals surface area (Å²) < 4.78 is 17.8. The first kappa shape index (κ1) is 21.1. The highest BCUT2D eigenvalue weighted by molar-refractivity contribution is 5.80. The number of carbonyl (C=O) groups is 1. The molecule has 1 aliphatic rings. The number of hydrogen-bond acceptors (Lipinski definition) is 8. The lowest BCUT2D eigenvalue weighted by atomic mass is 10.1. The highest BCUT2D eigenvalue weighted by Gasteiger charge is 2.18. The van der Waals surface area contributed by atoms with Gasteiger partial charge in [-0.25, -0.2) is 4.68 Å². The molecule has 0 saturated carbocycles. The molecule has 0 atom stereocenters. The van der Waals surface area contributed by atoms with Crippen molar-refractivity contribution in [2.75, 3.05) is 33.4 Å². The fourth-order valence-corrected chi connectivity index (χ4v) is 3.90. The Labute approximate surface area is 190 Å². The fraction of sp³-hybridized carbons (Fsp3) is 0.348. The normalized spacial score (nSPS) is 14.1. The van der Waals surface area contributed by atoms with Crippen LogP contribution in [0.2, 0.25) is 0 Å². The molecule has 0 spiro atoms. The molecule has 2 aromatic carbocycles. The summed E-state index contributed by atoms with van der Waals surface area (Å²) in [5.74, 6) is 1.79. The first-order valence-electron chi connectivity index (χ1n) is 10.8. The molecule has 1 amide bonds. The minimum Gasteiger partial charge on any atom is -0.497 e. The number of benzene rings is 2. The lowest BCUT2D eigenvalue weighted by Crippen LogP contribution is -2.41. The monoisotopic (exact) mass is 448 g/mol. The zero-order valence-corrected chi connectivity index (χ0v) is 18.5. The molecule has 1 aliphatic heterocycles. The number of amides is 1. The Bertz CT molecular complexity index is 1290. The SMILES string of the molecule is COc1ccc(-c2nc(-c3ccc4c(c3)nnn4CCC(=O)N3CCOCC3)no2)c(C)c1. The third-order valence-electron chi connectivity index (χ3n) is 5.76. The van der Waals surface area contributed by atoms with Crippen molar-refractivity contribution in [1.29, 1.82) is 0 Å². The number of carbonyl (C=O) groups excluding carboxylic acids is 1. The van der Waals surface area contributed by atoms with Gasteiger partial charge in [0.1, 0.15) is 11.3 Å². The number of fused-ring (bicyclic) bond motifs is 1. The lowest BCUT2D eigenvalue weighted by molar-refractivity contribution is -0.135. The van der Waals surface area contributed by atoms with E-state index in [-0.39, 0.29) is 5.91 Å². The number of aromatic nitrogens is 5. The van der Waals surface area contributed by atoms with Gasteiger partial charge in [0.2, 0.25) is 11.7 Å². The molecule has 0 bridgehead atoms. The maximum Gasteiger partial charge on any atom is 0.258 e. The summed E-state index contributed by atoms with van der Waals surface area (Å²) in [7, 11) is 1.63. The van der Waals surface area contributed by atoms with Gasteiger partial charge in [-0.2, -0.15) is 4.98 Å². The van der Waals surface area contributed by atoms with Crippen LogP contribution in [0.3, 0.4) is 0 Å². The summed E-state index contributed by atoms with van der Waals surface area (Å²) in [4.78, 5) is 18.8. The standard InChI is InChI=1S/C23H24N6O4/c1-15-13-17(31-2)4-5-18(15)23-24-22(26-33-23)16-3-6-20-19(14-16)25-27-29(20)8-7-21(30)28-9-11-32-12-10-28/h3-6,13-14H,7-12H2,1-2H3. The van der Waals surface area contributed by atoms with E-state index < -0.39 is 0 Å². The quantitative estimate of drug-likeness (QED) is 0.443. The van der Waals surface area contributed by atoms with E-state index in [0.29, 0.717) is 56.5 Å². The van der Waals surface area contributed by atoms with Crippen molar-refractivity contribution in [3.05, 3.63) is 42.0 Å². The summed E-state index contributed by atoms with van der Waals surface area (Å²) in [5.41, 5.74) is 4.17. The maximum absolute atomic E-state index is 12.4. The largest absolute Gasteiger partial charge is 0.497 e. The highest BCUT2D eigenvalue weighted by atomic mass is 16.5. The molecular formula is C23H24N6O4. The molecule has 2 aromatic heterocycles. The van der Waals surface area contributed by atoms with Gasteiger partial charge >= 0.3 is 0 Å². The third-order valence-corrected chi connectivity index (χ3v) is 5.76. The predicted octanol–water partition coefficient (Wildman–Crippen LogP) is 2.71. The zero-order chi connectivity index (χ0) is 22.8. The second kappa shape index (κ2) is 8.99. The number of ether oxygens (including phenoxy) is 2. The number of methoxy groups -OCH3 is 1. The maximum atomic E-state index is 12.4. The molecule has 170 valence electrons. The number of aryl methyl sites for hydroxylation is 2. The van der Waals surface area contributed by atoms with Gasteiger partial charge in [-0.1, -0.05) is 10.4 Å². The Balaban J connectivity index is 1.32. The minimum atomic E-state index is 0.103. The Kier molecular flexibility index (Phi) is 5.74. The summed E-state index contributed by atoms with van der Waals surface area (Å²) in [6, 6.07) is 11.4. The summed E-state index contributed by atoms with van der Waals surface area (Å²) in [6.45, 7) is 4.91. The lowest BCUT2D eigenvalue weighted by Gasteiger charge is -2.26. The van der Waals surface area contributed by atoms with Gasteiger partial charge in [0, 0.05) is 30.6 Å². The van der Waals surface area contributed by atoms with E-state index in [4.69, 9.17) is 14.0 Å². The van der Waals surface area contributed by atoms with Crippen LogP contribution in [0.15, 0.2) is 40.9 Å². The molecule has 0 aliphatic carbocycles. The smallest absolute Gasteiger partial charge is 0.258 e. The van der Waals surface area contributed by atoms with Crippen LogP contribution in [0, 0.1) is 6.92 Å². The van der Waals surface area contributed by atoms with Gasteiger partial charge in [-0.3, -0.25) is 4.79 Å². The highest BCUT2D eigenvalue weighted by Crippen LogP contribution is 2.28. The fourth-order valence-electron chi connectivity index (χ4n) is 3.90. The predicted molar refractivity (Wildman–Crippen MR) is 120 cm³/mol. The van der Waals surface area contributed by atoms with Crippen LogP contribution in [-0.4, -0.2) is 69.4 Å². The second-order valence-electron chi connectivity index (χ2n) is 7.86. The molecule has 1 saturated heterocycles. The Morgan fingerprint density at radius 3 is 2.79 bits per heavy atom. The van der Waals surface area contributed by atoms with E-state index in [1.165, 1.54) is 0 Å². The summed E-state index contributed by atoms with van der Waals surface area (Å²) >= 11 is 0. The average molecular weight is 448 g/mol. The van der Waals surface area contributed by atoms with E-state index in [2.05, 4.69) is 20.5 Å². The molecule has 1 fully saturated rings. The van der Waals surface area contributed by atoms with Crippen molar-refractivity contribution in [1.82, 2.24) is 30.0 Å². The summed E-state index contributed by atoms with van der Waals surface area (Å²) in [6.07, 6.45) is 0.371. The van der Waals surface area contributed by atoms with Crippen LogP contribution in [0.5, 0.6) is 5.75 Å². The summed E-state index contributed by atoms with van der Waals surface area (Å²) in [5, 5.41) is 12.6. The zero-order valence-electron chi connectivity index (χ0n) is 18.5. The first-order chi connectivity index (χ1) is 16.1. The van der Waals surface area contributed by atoms with Crippen molar-refractivity contribution in [3.63, 3.8) is 0 Å². The van der Waals surface area contributed by atoms with Gasteiger partial charge in [-0.05, 0) is 48.9 Å².